The van der Waals surface area contributed by atoms with E-state index in [0.717, 1.165) is 17.3 Å². The zero-order valence-electron chi connectivity index (χ0n) is 10.5. The van der Waals surface area contributed by atoms with E-state index in [4.69, 9.17) is 0 Å². The minimum Gasteiger partial charge on any atom is -0.358 e. The third-order valence-corrected chi connectivity index (χ3v) is 2.27. The smallest absolute Gasteiger partial charge is 0.123 e. The fourth-order valence-electron chi connectivity index (χ4n) is 1.71. The van der Waals surface area contributed by atoms with Crippen LogP contribution in [0.5, 0.6) is 0 Å². The van der Waals surface area contributed by atoms with Gasteiger partial charge in [-0.15, -0.1) is 0 Å². The number of halogens is 1. The van der Waals surface area contributed by atoms with E-state index in [1.807, 2.05) is 19.9 Å². The minimum absolute atomic E-state index is 0.174. The number of nitrogens with one attached hydrogen (secondary N) is 1. The van der Waals surface area contributed by atoms with Crippen LogP contribution in [0.4, 0.5) is 4.39 Å². The average molecular weight is 221 g/mol. The third kappa shape index (κ3) is 3.09. The molecule has 1 nitrogen and oxygen atoms in total. The summed E-state index contributed by atoms with van der Waals surface area (Å²) in [6.07, 6.45) is 1.01. The standard InChI is InChI=1S/C12H14FN.C2H6/c1-8(2)5-11-7-9-6-10(13)3-4-12(9)14-11;1-2/h3-4,6-8,14H,5H2,1-2H3;1-2H3. The summed E-state index contributed by atoms with van der Waals surface area (Å²) in [7, 11) is 0. The van der Waals surface area contributed by atoms with Gasteiger partial charge in [0.1, 0.15) is 5.82 Å². The second-order valence-electron chi connectivity index (χ2n) is 4.12. The number of hydrogen-bond donors (Lipinski definition) is 1. The van der Waals surface area contributed by atoms with Crippen LogP contribution in [-0.4, -0.2) is 4.98 Å². The van der Waals surface area contributed by atoms with Gasteiger partial charge >= 0.3 is 0 Å². The highest BCUT2D eigenvalue weighted by molar-refractivity contribution is 5.80. The van der Waals surface area contributed by atoms with Crippen LogP contribution in [-0.2, 0) is 6.42 Å². The quantitative estimate of drug-likeness (QED) is 0.766. The van der Waals surface area contributed by atoms with E-state index in [-0.39, 0.29) is 5.82 Å². The highest BCUT2D eigenvalue weighted by Gasteiger charge is 2.03. The van der Waals surface area contributed by atoms with E-state index in [9.17, 15) is 4.39 Å². The second kappa shape index (κ2) is 5.69. The van der Waals surface area contributed by atoms with Crippen molar-refractivity contribution in [1.82, 2.24) is 4.98 Å². The fraction of sp³-hybridized carbons (Fsp3) is 0.429. The Labute approximate surface area is 96.7 Å². The summed E-state index contributed by atoms with van der Waals surface area (Å²) in [4.78, 5) is 3.29. The normalized spacial score (nSPS) is 10.4. The summed E-state index contributed by atoms with van der Waals surface area (Å²) in [5.74, 6) is 0.445. The first kappa shape index (κ1) is 12.8. The maximum Gasteiger partial charge on any atom is 0.123 e. The zero-order valence-corrected chi connectivity index (χ0v) is 10.5. The molecule has 0 aliphatic carbocycles. The lowest BCUT2D eigenvalue weighted by Gasteiger charge is -1.99. The number of hydrogen-bond acceptors (Lipinski definition) is 0. The van der Waals surface area contributed by atoms with E-state index in [1.54, 1.807) is 12.1 Å². The van der Waals surface area contributed by atoms with Crippen LogP contribution in [0.3, 0.4) is 0 Å². The molecule has 88 valence electrons. The Kier molecular flexibility index (Phi) is 4.53. The SMILES string of the molecule is CC.CC(C)Cc1cc2cc(F)ccc2[nH]1. The van der Waals surface area contributed by atoms with Crippen LogP contribution >= 0.6 is 0 Å². The van der Waals surface area contributed by atoms with E-state index in [1.165, 1.54) is 11.8 Å². The molecule has 0 saturated heterocycles. The number of rotatable bonds is 2. The molecule has 1 aromatic carbocycles. The van der Waals surface area contributed by atoms with E-state index >= 15 is 0 Å². The van der Waals surface area contributed by atoms with Gasteiger partial charge in [-0.2, -0.15) is 0 Å². The first-order valence-corrected chi connectivity index (χ1v) is 5.92. The lowest BCUT2D eigenvalue weighted by atomic mass is 10.1. The molecule has 0 amide bonds. The van der Waals surface area contributed by atoms with Gasteiger partial charge < -0.3 is 4.98 Å². The van der Waals surface area contributed by atoms with Crippen LogP contribution in [0.1, 0.15) is 33.4 Å². The van der Waals surface area contributed by atoms with E-state index in [0.29, 0.717) is 5.92 Å². The molecular weight excluding hydrogens is 201 g/mol. The van der Waals surface area contributed by atoms with E-state index in [2.05, 4.69) is 18.8 Å². The maximum absolute atomic E-state index is 12.9. The van der Waals surface area contributed by atoms with Crippen molar-refractivity contribution < 1.29 is 4.39 Å². The number of H-pyrrole nitrogens is 1. The van der Waals surface area contributed by atoms with Gasteiger partial charge in [0.15, 0.2) is 0 Å². The number of aromatic nitrogens is 1. The molecule has 0 radical (unpaired) electrons. The minimum atomic E-state index is -0.174. The van der Waals surface area contributed by atoms with E-state index < -0.39 is 0 Å². The predicted octanol–water partition coefficient (Wildman–Crippen LogP) is 4.53. The molecule has 1 N–H and O–H groups in total. The van der Waals surface area contributed by atoms with Gasteiger partial charge in [0.2, 0.25) is 0 Å². The highest BCUT2D eigenvalue weighted by Crippen LogP contribution is 2.18. The van der Waals surface area contributed by atoms with Gasteiger partial charge in [0.25, 0.3) is 0 Å². The van der Waals surface area contributed by atoms with Crippen molar-refractivity contribution in [3.63, 3.8) is 0 Å². The molecule has 1 heterocycles. The van der Waals surface area contributed by atoms with Crippen molar-refractivity contribution in [1.29, 1.82) is 0 Å². The second-order valence-corrected chi connectivity index (χ2v) is 4.12. The van der Waals surface area contributed by atoms with Gasteiger partial charge in [0.05, 0.1) is 0 Å². The van der Waals surface area contributed by atoms with Crippen molar-refractivity contribution in [2.45, 2.75) is 34.1 Å². The first-order valence-electron chi connectivity index (χ1n) is 5.92. The zero-order chi connectivity index (χ0) is 12.1. The third-order valence-electron chi connectivity index (χ3n) is 2.27. The molecule has 0 aliphatic rings. The topological polar surface area (TPSA) is 15.8 Å². The largest absolute Gasteiger partial charge is 0.358 e. The summed E-state index contributed by atoms with van der Waals surface area (Å²) < 4.78 is 12.9. The molecule has 0 unspecified atom stereocenters. The molecule has 1 aromatic heterocycles. The molecule has 2 heteroatoms. The van der Waals surface area contributed by atoms with Crippen LogP contribution in [0.2, 0.25) is 0 Å². The Morgan fingerprint density at radius 3 is 2.50 bits per heavy atom. The highest BCUT2D eigenvalue weighted by atomic mass is 19.1. The van der Waals surface area contributed by atoms with Crippen LogP contribution in [0.15, 0.2) is 24.3 Å². The molecule has 2 rings (SSSR count). The average Bonchev–Trinajstić information content (AvgIpc) is 2.61. The fourth-order valence-corrected chi connectivity index (χ4v) is 1.71. The van der Waals surface area contributed by atoms with Crippen molar-refractivity contribution in [2.75, 3.05) is 0 Å². The maximum atomic E-state index is 12.9. The van der Waals surface area contributed by atoms with Gasteiger partial charge in [-0.25, -0.2) is 4.39 Å². The Bertz CT molecular complexity index is 443. The lowest BCUT2D eigenvalue weighted by Crippen LogP contribution is -1.93. The van der Waals surface area contributed by atoms with Crippen LogP contribution < -0.4 is 0 Å². The Morgan fingerprint density at radius 1 is 1.19 bits per heavy atom. The monoisotopic (exact) mass is 221 g/mol. The first-order chi connectivity index (χ1) is 7.65. The van der Waals surface area contributed by atoms with Crippen LogP contribution in [0.25, 0.3) is 10.9 Å². The summed E-state index contributed by atoms with van der Waals surface area (Å²) in [5, 5.41) is 0.959. The van der Waals surface area contributed by atoms with Crippen LogP contribution in [0, 0.1) is 11.7 Å². The molecule has 0 atom stereocenters. The van der Waals surface area contributed by atoms with Crippen molar-refractivity contribution in [3.05, 3.63) is 35.8 Å². The van der Waals surface area contributed by atoms with Gasteiger partial charge in [0, 0.05) is 16.6 Å². The molecule has 0 bridgehead atoms. The molecule has 16 heavy (non-hydrogen) atoms. The van der Waals surface area contributed by atoms with Gasteiger partial charge in [-0.3, -0.25) is 0 Å². The number of aromatic amines is 1. The molecule has 0 spiro atoms. The number of fused-ring (bicyclic) bond motifs is 1. The Hall–Kier alpha value is -1.31. The van der Waals surface area contributed by atoms with Crippen molar-refractivity contribution >= 4 is 10.9 Å². The van der Waals surface area contributed by atoms with Crippen molar-refractivity contribution in [3.8, 4) is 0 Å². The summed E-state index contributed by atoms with van der Waals surface area (Å²) >= 11 is 0. The summed E-state index contributed by atoms with van der Waals surface area (Å²) in [5.41, 5.74) is 2.20. The molecule has 0 fully saturated rings. The van der Waals surface area contributed by atoms with Gasteiger partial charge in [-0.05, 0) is 36.6 Å². The molecule has 0 saturated carbocycles. The molecular formula is C14H20FN. The number of benzene rings is 1. The molecule has 2 aromatic rings. The summed E-state index contributed by atoms with van der Waals surface area (Å²) in [6.45, 7) is 8.35. The van der Waals surface area contributed by atoms with Crippen molar-refractivity contribution in [2.24, 2.45) is 5.92 Å². The Balaban J connectivity index is 0.000000606. The predicted molar refractivity (Wildman–Crippen MR) is 68.1 cm³/mol. The summed E-state index contributed by atoms with van der Waals surface area (Å²) in [6, 6.07) is 6.86. The Morgan fingerprint density at radius 2 is 1.88 bits per heavy atom. The van der Waals surface area contributed by atoms with Gasteiger partial charge in [-0.1, -0.05) is 27.7 Å². The lowest BCUT2D eigenvalue weighted by molar-refractivity contribution is 0.629. The molecule has 0 aliphatic heterocycles.